The summed E-state index contributed by atoms with van der Waals surface area (Å²) in [6.07, 6.45) is 5.05. The van der Waals surface area contributed by atoms with Gasteiger partial charge in [0, 0.05) is 18.5 Å². The molecule has 1 aromatic heterocycles. The number of nitrogens with one attached hydrogen (secondary N) is 2. The number of pyridine rings is 1. The second kappa shape index (κ2) is 18.6. The van der Waals surface area contributed by atoms with Crippen molar-refractivity contribution in [3.8, 4) is 11.5 Å². The van der Waals surface area contributed by atoms with Crippen LogP contribution in [0.3, 0.4) is 0 Å². The van der Waals surface area contributed by atoms with E-state index < -0.39 is 52.6 Å². The van der Waals surface area contributed by atoms with Crippen LogP contribution in [0.4, 0.5) is 13.2 Å². The van der Waals surface area contributed by atoms with E-state index in [1.54, 1.807) is 0 Å². The van der Waals surface area contributed by atoms with Crippen LogP contribution in [-0.2, 0) is 30.7 Å². The number of ether oxygens (including phenoxy) is 4. The standard InChI is InChI=1S/C40H38Cl2F3N3O8S.H2O/c41-31-19-46-20-32(42)30(31)18-34(26-8-11-33(56-40(44)45)35(17-26)53-22-23-4-5-23)54-38(49)25-6-9-29(10-7-25)57(51,52)47-37(27-2-1-3-28(43)16-27)39(50)55-36-21-48-14-12-24(36)13-15-48;/h1-3,6-11,16-17,19-20,23-24,34,36-37,40,47H,4-5,12-15,18,21-22H2;1H2/t34-,36-,37?;/m0./s1. The fraction of sp³-hybridized carbons (Fsp3) is 0.375. The number of nitrogens with zero attached hydrogens (tertiary/aromatic N) is 1. The largest absolute Gasteiger partial charge is 0.870 e. The van der Waals surface area contributed by atoms with E-state index in [1.165, 1.54) is 60.9 Å². The zero-order valence-electron chi connectivity index (χ0n) is 30.8. The first-order valence-electron chi connectivity index (χ1n) is 18.4. The smallest absolute Gasteiger partial charge is 0.387 e. The Morgan fingerprint density at radius 2 is 1.62 bits per heavy atom. The second-order valence-corrected chi connectivity index (χ2v) is 16.8. The van der Waals surface area contributed by atoms with Gasteiger partial charge in [-0.25, -0.2) is 27.4 Å². The average molecular weight is 867 g/mol. The fourth-order valence-corrected chi connectivity index (χ4v) is 8.70. The van der Waals surface area contributed by atoms with Gasteiger partial charge in [-0.1, -0.05) is 41.4 Å². The molecule has 1 aliphatic carbocycles. The summed E-state index contributed by atoms with van der Waals surface area (Å²) in [7, 11) is -4.45. The molecular weight excluding hydrogens is 826 g/mol. The molecule has 58 heavy (non-hydrogen) atoms. The number of hydrogen-bond acceptors (Lipinski definition) is 10. The lowest BCUT2D eigenvalue weighted by Gasteiger charge is -2.44. The molecule has 4 fully saturated rings. The number of alkyl halides is 2. The van der Waals surface area contributed by atoms with Gasteiger partial charge in [-0.15, -0.1) is 0 Å². The Balaban J connectivity index is 0.00000567. The highest BCUT2D eigenvalue weighted by Gasteiger charge is 2.39. The zero-order valence-corrected chi connectivity index (χ0v) is 33.1. The van der Waals surface area contributed by atoms with E-state index in [-0.39, 0.29) is 67.9 Å². The normalized spacial score (nSPS) is 19.8. The summed E-state index contributed by atoms with van der Waals surface area (Å²) >= 11 is 12.9. The van der Waals surface area contributed by atoms with Gasteiger partial charge in [0.05, 0.1) is 17.1 Å². The van der Waals surface area contributed by atoms with E-state index in [4.69, 9.17) is 37.4 Å². The molecule has 0 amide bonds. The van der Waals surface area contributed by atoms with Crippen molar-refractivity contribution in [3.63, 3.8) is 0 Å². The molecule has 12 nitrogen and oxygen atoms in total. The number of rotatable bonds is 16. The summed E-state index contributed by atoms with van der Waals surface area (Å²) in [5.41, 5.74) is 0.801. The SMILES string of the molecule is O=C(O[C@@H](Cc1c(Cl)c[nH+]cc1Cl)c1ccc(OC(F)F)c(OCC2CC2)c1)c1ccc(S(=O)(=O)NC(C(=O)O[C@H]2CN3CCC2CC3)c2cccc(F)c2)cc1.[OH-]. The molecule has 310 valence electrons. The van der Waals surface area contributed by atoms with Crippen LogP contribution in [0, 0.1) is 17.7 Å². The molecule has 0 radical (unpaired) electrons. The van der Waals surface area contributed by atoms with Crippen molar-refractivity contribution in [2.45, 2.75) is 61.9 Å². The Hall–Kier alpha value is -4.45. The minimum atomic E-state index is -4.45. The number of sulfonamides is 1. The first-order chi connectivity index (χ1) is 27.3. The predicted molar refractivity (Wildman–Crippen MR) is 203 cm³/mol. The molecule has 0 spiro atoms. The highest BCUT2D eigenvalue weighted by Crippen LogP contribution is 2.38. The third-order valence-corrected chi connectivity index (χ3v) is 12.4. The quantitative estimate of drug-likeness (QED) is 0.117. The van der Waals surface area contributed by atoms with Crippen molar-refractivity contribution in [2.75, 3.05) is 26.2 Å². The van der Waals surface area contributed by atoms with Crippen LogP contribution in [0.2, 0.25) is 10.0 Å². The van der Waals surface area contributed by atoms with E-state index in [9.17, 15) is 31.2 Å². The summed E-state index contributed by atoms with van der Waals surface area (Å²) in [4.78, 5) is 32.0. The lowest BCUT2D eigenvalue weighted by atomic mass is 9.86. The van der Waals surface area contributed by atoms with Gasteiger partial charge >= 0.3 is 18.6 Å². The highest BCUT2D eigenvalue weighted by molar-refractivity contribution is 7.89. The number of aromatic nitrogens is 1. The number of fused-ring (bicyclic) bond motifs is 3. The van der Waals surface area contributed by atoms with E-state index >= 15 is 0 Å². The molecule has 3 saturated heterocycles. The lowest BCUT2D eigenvalue weighted by Crippen LogP contribution is -2.52. The van der Waals surface area contributed by atoms with Gasteiger partial charge in [-0.2, -0.15) is 13.5 Å². The minimum absolute atomic E-state index is 0. The topological polar surface area (TPSA) is 165 Å². The van der Waals surface area contributed by atoms with Crippen molar-refractivity contribution in [1.29, 1.82) is 0 Å². The first kappa shape index (κ1) is 43.1. The number of H-pyrrole nitrogens is 1. The van der Waals surface area contributed by atoms with Crippen LogP contribution in [-0.4, -0.2) is 69.7 Å². The first-order valence-corrected chi connectivity index (χ1v) is 20.6. The van der Waals surface area contributed by atoms with Crippen LogP contribution in [0.1, 0.15) is 64.9 Å². The molecule has 3 aromatic carbocycles. The Labute approximate surface area is 342 Å². The number of esters is 2. The molecule has 4 aliphatic rings. The van der Waals surface area contributed by atoms with Crippen molar-refractivity contribution < 1.29 is 60.6 Å². The molecule has 2 bridgehead atoms. The Bertz CT molecular complexity index is 2190. The number of aromatic amines is 1. The molecule has 1 saturated carbocycles. The second-order valence-electron chi connectivity index (χ2n) is 14.3. The van der Waals surface area contributed by atoms with Crippen molar-refractivity contribution >= 4 is 45.2 Å². The number of carbonyl (C=O) groups excluding carboxylic acids is 2. The van der Waals surface area contributed by atoms with E-state index in [1.807, 2.05) is 0 Å². The summed E-state index contributed by atoms with van der Waals surface area (Å²) in [5.74, 6) is -2.11. The number of piperidine rings is 3. The van der Waals surface area contributed by atoms with Gasteiger partial charge in [-0.3, -0.25) is 4.90 Å². The monoisotopic (exact) mass is 865 g/mol. The molecule has 4 aromatic rings. The zero-order chi connectivity index (χ0) is 40.3. The maximum atomic E-state index is 14.3. The van der Waals surface area contributed by atoms with Gasteiger partial charge in [0.1, 0.15) is 34.1 Å². The fourth-order valence-electron chi connectivity index (χ4n) is 7.00. The molecule has 8 rings (SSSR count). The van der Waals surface area contributed by atoms with Crippen LogP contribution >= 0.6 is 23.2 Å². The molecule has 3 aliphatic heterocycles. The predicted octanol–water partition coefficient (Wildman–Crippen LogP) is 6.96. The van der Waals surface area contributed by atoms with Crippen LogP contribution in [0.25, 0.3) is 0 Å². The summed E-state index contributed by atoms with van der Waals surface area (Å²) in [6.45, 7) is -0.480. The third kappa shape index (κ3) is 10.6. The maximum absolute atomic E-state index is 14.3. The highest BCUT2D eigenvalue weighted by atomic mass is 35.5. The molecule has 18 heteroatoms. The number of benzene rings is 3. The molecular formula is C40H40Cl2F3N3O9S. The van der Waals surface area contributed by atoms with E-state index in [0.717, 1.165) is 57.0 Å². The van der Waals surface area contributed by atoms with E-state index in [0.29, 0.717) is 17.7 Å². The van der Waals surface area contributed by atoms with Crippen LogP contribution in [0.5, 0.6) is 11.5 Å². The third-order valence-electron chi connectivity index (χ3n) is 10.3. The van der Waals surface area contributed by atoms with Crippen LogP contribution in [0.15, 0.2) is 84.0 Å². The summed E-state index contributed by atoms with van der Waals surface area (Å²) in [6, 6.07) is 12.5. The number of halogens is 5. The van der Waals surface area contributed by atoms with Gasteiger partial charge in [0.2, 0.25) is 10.0 Å². The van der Waals surface area contributed by atoms with E-state index in [2.05, 4.69) is 19.3 Å². The summed E-state index contributed by atoms with van der Waals surface area (Å²) in [5, 5.41) is 0.496. The Kier molecular flexibility index (Phi) is 13.9. The van der Waals surface area contributed by atoms with Crippen molar-refractivity contribution in [3.05, 3.63) is 117 Å². The summed E-state index contributed by atoms with van der Waals surface area (Å²) < 4.78 is 93.0. The lowest BCUT2D eigenvalue weighted by molar-refractivity contribution is -0.377. The molecule has 3 N–H and O–H groups in total. The van der Waals surface area contributed by atoms with Crippen LogP contribution < -0.4 is 19.2 Å². The van der Waals surface area contributed by atoms with Gasteiger partial charge in [0.15, 0.2) is 23.9 Å². The maximum Gasteiger partial charge on any atom is 0.387 e. The molecule has 1 unspecified atom stereocenters. The Morgan fingerprint density at radius 1 is 0.914 bits per heavy atom. The van der Waals surface area contributed by atoms with Gasteiger partial charge < -0.3 is 24.4 Å². The van der Waals surface area contributed by atoms with Crippen molar-refractivity contribution in [2.24, 2.45) is 11.8 Å². The molecule has 3 atom stereocenters. The number of hydrogen-bond donors (Lipinski definition) is 1. The minimum Gasteiger partial charge on any atom is -0.870 e. The molecule has 4 heterocycles. The van der Waals surface area contributed by atoms with Gasteiger partial charge in [-0.05, 0) is 110 Å². The van der Waals surface area contributed by atoms with Crippen molar-refractivity contribution in [1.82, 2.24) is 9.62 Å². The average Bonchev–Trinajstić information content (AvgIpc) is 4.03. The Morgan fingerprint density at radius 3 is 2.24 bits per heavy atom. The van der Waals surface area contributed by atoms with Gasteiger partial charge in [0.25, 0.3) is 0 Å². The number of carbonyl (C=O) groups is 2.